The molecular weight excluding hydrogens is 522 g/mol. The van der Waals surface area contributed by atoms with Gasteiger partial charge >= 0.3 is 0 Å². The number of benzene rings is 3. The molecule has 37 heavy (non-hydrogen) atoms. The first-order valence-electron chi connectivity index (χ1n) is 12.8. The SMILES string of the molecule is Cc1nc2ccc(S(=O)(=O)N3CCC4(CC3)CC(NCc3ccc(-c5ccccc5)c(Cl)c3)C4)cc2s1. The summed E-state index contributed by atoms with van der Waals surface area (Å²) in [4.78, 5) is 4.83. The third-order valence-corrected chi connectivity index (χ3v) is 11.1. The molecule has 8 heteroatoms. The van der Waals surface area contributed by atoms with Crippen molar-refractivity contribution in [1.82, 2.24) is 14.6 Å². The number of fused-ring (bicyclic) bond motifs is 1. The van der Waals surface area contributed by atoms with Gasteiger partial charge in [-0.2, -0.15) is 4.31 Å². The fourth-order valence-corrected chi connectivity index (χ4v) is 8.57. The third-order valence-electron chi connectivity index (χ3n) is 7.96. The van der Waals surface area contributed by atoms with Gasteiger partial charge in [-0.05, 0) is 73.4 Å². The van der Waals surface area contributed by atoms with E-state index in [0.29, 0.717) is 24.0 Å². The Labute approximate surface area is 227 Å². The van der Waals surface area contributed by atoms with Crippen molar-refractivity contribution in [2.75, 3.05) is 13.1 Å². The summed E-state index contributed by atoms with van der Waals surface area (Å²) in [5.41, 5.74) is 4.48. The van der Waals surface area contributed by atoms with Crippen LogP contribution < -0.4 is 5.32 Å². The Morgan fingerprint density at radius 3 is 2.54 bits per heavy atom. The molecule has 0 atom stereocenters. The van der Waals surface area contributed by atoms with E-state index in [9.17, 15) is 8.42 Å². The van der Waals surface area contributed by atoms with Gasteiger partial charge in [0.15, 0.2) is 0 Å². The smallest absolute Gasteiger partial charge is 0.243 e. The monoisotopic (exact) mass is 551 g/mol. The van der Waals surface area contributed by atoms with E-state index in [2.05, 4.69) is 40.6 Å². The van der Waals surface area contributed by atoms with Crippen LogP contribution >= 0.6 is 22.9 Å². The molecule has 1 N–H and O–H groups in total. The molecule has 0 bridgehead atoms. The topological polar surface area (TPSA) is 62.3 Å². The van der Waals surface area contributed by atoms with Crippen molar-refractivity contribution in [3.8, 4) is 11.1 Å². The molecule has 1 aliphatic heterocycles. The number of aromatic nitrogens is 1. The van der Waals surface area contributed by atoms with E-state index in [1.807, 2.05) is 31.2 Å². The van der Waals surface area contributed by atoms with E-state index in [1.165, 1.54) is 16.9 Å². The molecule has 0 amide bonds. The maximum Gasteiger partial charge on any atom is 0.243 e. The number of halogens is 1. The number of rotatable bonds is 6. The Balaban J connectivity index is 1.02. The van der Waals surface area contributed by atoms with Crippen molar-refractivity contribution in [2.45, 2.75) is 50.1 Å². The second-order valence-corrected chi connectivity index (χ2v) is 14.0. The zero-order chi connectivity index (χ0) is 25.6. The number of nitrogens with zero attached hydrogens (tertiary/aromatic N) is 2. The highest BCUT2D eigenvalue weighted by molar-refractivity contribution is 7.89. The van der Waals surface area contributed by atoms with Crippen molar-refractivity contribution >= 4 is 43.2 Å². The summed E-state index contributed by atoms with van der Waals surface area (Å²) < 4.78 is 29.2. The summed E-state index contributed by atoms with van der Waals surface area (Å²) in [6.45, 7) is 3.91. The van der Waals surface area contributed by atoms with Crippen LogP contribution in [0.1, 0.15) is 36.3 Å². The second kappa shape index (κ2) is 9.79. The molecule has 6 rings (SSSR count). The van der Waals surface area contributed by atoms with Crippen LogP contribution in [-0.4, -0.2) is 36.8 Å². The van der Waals surface area contributed by atoms with Gasteiger partial charge in [-0.3, -0.25) is 0 Å². The van der Waals surface area contributed by atoms with Gasteiger partial charge in [0.1, 0.15) is 0 Å². The molecule has 192 valence electrons. The molecule has 4 aromatic rings. The van der Waals surface area contributed by atoms with Crippen LogP contribution in [-0.2, 0) is 16.6 Å². The number of aryl methyl sites for hydroxylation is 1. The molecule has 1 saturated carbocycles. The summed E-state index contributed by atoms with van der Waals surface area (Å²) in [6.07, 6.45) is 4.04. The van der Waals surface area contributed by atoms with Crippen LogP contribution in [0.5, 0.6) is 0 Å². The summed E-state index contributed by atoms with van der Waals surface area (Å²) in [5, 5.41) is 5.41. The standard InChI is InChI=1S/C29H30ClN3O2S2/c1-20-32-27-10-8-24(16-28(27)36-20)37(34,35)33-13-11-29(12-14-33)17-23(18-29)31-19-21-7-9-25(26(30)15-21)22-5-3-2-4-6-22/h2-10,15-16,23,31H,11-14,17-19H2,1H3. The summed E-state index contributed by atoms with van der Waals surface area (Å²) in [5.74, 6) is 0. The van der Waals surface area contributed by atoms with Gasteiger partial charge in [0.05, 0.1) is 20.1 Å². The van der Waals surface area contributed by atoms with Gasteiger partial charge in [0, 0.05) is 36.3 Å². The van der Waals surface area contributed by atoms with Gasteiger partial charge in [-0.1, -0.05) is 54.1 Å². The van der Waals surface area contributed by atoms with E-state index in [-0.39, 0.29) is 5.41 Å². The number of hydrogen-bond donors (Lipinski definition) is 1. The van der Waals surface area contributed by atoms with Crippen LogP contribution in [0.2, 0.25) is 5.02 Å². The Hall–Kier alpha value is -2.29. The van der Waals surface area contributed by atoms with E-state index in [1.54, 1.807) is 16.4 Å². The number of thiazole rings is 1. The lowest BCUT2D eigenvalue weighted by molar-refractivity contribution is 0.0261. The first-order chi connectivity index (χ1) is 17.8. The fourth-order valence-electron chi connectivity index (χ4n) is 5.85. The summed E-state index contributed by atoms with van der Waals surface area (Å²) >= 11 is 8.12. The largest absolute Gasteiger partial charge is 0.310 e. The van der Waals surface area contributed by atoms with Crippen LogP contribution in [0.15, 0.2) is 71.6 Å². The summed E-state index contributed by atoms with van der Waals surface area (Å²) in [7, 11) is -3.48. The van der Waals surface area contributed by atoms with Crippen molar-refractivity contribution < 1.29 is 8.42 Å². The maximum atomic E-state index is 13.3. The van der Waals surface area contributed by atoms with Crippen LogP contribution in [0.4, 0.5) is 0 Å². The zero-order valence-corrected chi connectivity index (χ0v) is 23.2. The molecule has 0 radical (unpaired) electrons. The number of sulfonamides is 1. The van der Waals surface area contributed by atoms with Gasteiger partial charge in [0.2, 0.25) is 10.0 Å². The normalized spacial score (nSPS) is 18.3. The lowest BCUT2D eigenvalue weighted by Gasteiger charge is -2.52. The van der Waals surface area contributed by atoms with Gasteiger partial charge in [-0.25, -0.2) is 13.4 Å². The van der Waals surface area contributed by atoms with E-state index < -0.39 is 10.0 Å². The highest BCUT2D eigenvalue weighted by atomic mass is 35.5. The average Bonchev–Trinajstić information content (AvgIpc) is 3.26. The number of piperidine rings is 1. The predicted molar refractivity (Wildman–Crippen MR) is 152 cm³/mol. The van der Waals surface area contributed by atoms with Crippen LogP contribution in [0.25, 0.3) is 21.3 Å². The molecule has 5 nitrogen and oxygen atoms in total. The highest BCUT2D eigenvalue weighted by Crippen LogP contribution is 2.49. The Kier molecular flexibility index (Phi) is 6.62. The molecule has 1 aromatic heterocycles. The molecule has 2 aliphatic rings. The van der Waals surface area contributed by atoms with E-state index >= 15 is 0 Å². The quantitative estimate of drug-likeness (QED) is 0.291. The minimum atomic E-state index is -3.48. The maximum absolute atomic E-state index is 13.3. The Morgan fingerprint density at radius 2 is 1.81 bits per heavy atom. The van der Waals surface area contributed by atoms with Crippen molar-refractivity contribution in [2.24, 2.45) is 5.41 Å². The van der Waals surface area contributed by atoms with Gasteiger partial charge < -0.3 is 5.32 Å². The molecule has 3 aromatic carbocycles. The van der Waals surface area contributed by atoms with E-state index in [4.69, 9.17) is 11.6 Å². The lowest BCUT2D eigenvalue weighted by Crippen LogP contribution is -2.54. The molecule has 0 unspecified atom stereocenters. The van der Waals surface area contributed by atoms with E-state index in [0.717, 1.165) is 63.6 Å². The number of hydrogen-bond acceptors (Lipinski definition) is 5. The van der Waals surface area contributed by atoms with Crippen molar-refractivity contribution in [3.63, 3.8) is 0 Å². The summed E-state index contributed by atoms with van der Waals surface area (Å²) in [6, 6.07) is 22.3. The predicted octanol–water partition coefficient (Wildman–Crippen LogP) is 6.65. The van der Waals surface area contributed by atoms with Crippen molar-refractivity contribution in [1.29, 1.82) is 0 Å². The zero-order valence-electron chi connectivity index (χ0n) is 20.8. The average molecular weight is 552 g/mol. The molecular formula is C29H30ClN3O2S2. The highest BCUT2D eigenvalue weighted by Gasteiger charge is 2.47. The Bertz CT molecular complexity index is 1540. The van der Waals surface area contributed by atoms with Gasteiger partial charge in [0.25, 0.3) is 0 Å². The minimum Gasteiger partial charge on any atom is -0.310 e. The van der Waals surface area contributed by atoms with Gasteiger partial charge in [-0.15, -0.1) is 11.3 Å². The molecule has 1 spiro atoms. The molecule has 2 heterocycles. The number of nitrogens with one attached hydrogen (secondary N) is 1. The molecule has 1 saturated heterocycles. The van der Waals surface area contributed by atoms with Crippen LogP contribution in [0, 0.1) is 12.3 Å². The van der Waals surface area contributed by atoms with Crippen molar-refractivity contribution in [3.05, 3.63) is 82.3 Å². The molecule has 2 fully saturated rings. The fraction of sp³-hybridized carbons (Fsp3) is 0.345. The third kappa shape index (κ3) is 4.95. The van der Waals surface area contributed by atoms with Crippen LogP contribution in [0.3, 0.4) is 0 Å². The molecule has 1 aliphatic carbocycles. The lowest BCUT2D eigenvalue weighted by atomic mass is 9.60. The second-order valence-electron chi connectivity index (χ2n) is 10.4. The first-order valence-corrected chi connectivity index (χ1v) is 15.4. The Morgan fingerprint density at radius 1 is 1.05 bits per heavy atom. The first kappa shape index (κ1) is 25.0. The minimum absolute atomic E-state index is 0.261.